The third kappa shape index (κ3) is 2.84. The molecule has 0 radical (unpaired) electrons. The predicted octanol–water partition coefficient (Wildman–Crippen LogP) is 3.67. The van der Waals surface area contributed by atoms with Crippen molar-refractivity contribution in [3.8, 4) is 0 Å². The highest BCUT2D eigenvalue weighted by Crippen LogP contribution is 2.38. The van der Waals surface area contributed by atoms with Crippen molar-refractivity contribution in [2.45, 2.75) is 12.5 Å². The second-order valence-electron chi connectivity index (χ2n) is 5.69. The molecule has 0 bridgehead atoms. The second kappa shape index (κ2) is 5.92. The molecule has 0 fully saturated rings. The molecule has 0 spiro atoms. The number of halogens is 2. The van der Waals surface area contributed by atoms with Gasteiger partial charge in [0.1, 0.15) is 0 Å². The van der Waals surface area contributed by atoms with Crippen molar-refractivity contribution in [1.29, 1.82) is 0 Å². The van der Waals surface area contributed by atoms with Gasteiger partial charge in [-0.2, -0.15) is 0 Å². The van der Waals surface area contributed by atoms with E-state index in [0.29, 0.717) is 15.6 Å². The number of likely N-dealkylation sites (N-methyl/N-ethyl adjacent to an activating group) is 1. The summed E-state index contributed by atoms with van der Waals surface area (Å²) < 4.78 is 0. The van der Waals surface area contributed by atoms with E-state index in [9.17, 15) is 4.79 Å². The van der Waals surface area contributed by atoms with E-state index in [1.807, 2.05) is 18.2 Å². The maximum atomic E-state index is 11.2. The third-order valence-corrected chi connectivity index (χ3v) is 4.65. The fourth-order valence-corrected chi connectivity index (χ4v) is 3.58. The van der Waals surface area contributed by atoms with Crippen LogP contribution >= 0.6 is 23.2 Å². The summed E-state index contributed by atoms with van der Waals surface area (Å²) >= 11 is 12.5. The first-order valence-electron chi connectivity index (χ1n) is 7.02. The molecule has 5 heteroatoms. The smallest absolute Gasteiger partial charge is 0.248 e. The SMILES string of the molecule is CN1Cc2c(Cl)cc(Cl)cc2C(c2ccc(C(N)=O)cc2)C1. The summed E-state index contributed by atoms with van der Waals surface area (Å²) in [5.74, 6) is -0.245. The quantitative estimate of drug-likeness (QED) is 0.910. The van der Waals surface area contributed by atoms with Gasteiger partial charge in [0, 0.05) is 34.6 Å². The zero-order valence-corrected chi connectivity index (χ0v) is 13.7. The predicted molar refractivity (Wildman–Crippen MR) is 89.6 cm³/mol. The zero-order chi connectivity index (χ0) is 15.9. The van der Waals surface area contributed by atoms with E-state index in [1.54, 1.807) is 18.2 Å². The summed E-state index contributed by atoms with van der Waals surface area (Å²) in [6.07, 6.45) is 0. The Balaban J connectivity index is 2.06. The molecule has 3 rings (SSSR count). The number of hydrogen-bond acceptors (Lipinski definition) is 2. The molecule has 2 aromatic carbocycles. The van der Waals surface area contributed by atoms with Crippen LogP contribution in [0.4, 0.5) is 0 Å². The molecule has 1 unspecified atom stereocenters. The number of primary amides is 1. The van der Waals surface area contributed by atoms with E-state index in [-0.39, 0.29) is 5.92 Å². The molecule has 2 aromatic rings. The summed E-state index contributed by atoms with van der Waals surface area (Å²) in [6.45, 7) is 1.68. The Labute approximate surface area is 139 Å². The lowest BCUT2D eigenvalue weighted by molar-refractivity contribution is 0.100. The first-order chi connectivity index (χ1) is 10.5. The largest absolute Gasteiger partial charge is 0.366 e. The van der Waals surface area contributed by atoms with Gasteiger partial charge in [-0.25, -0.2) is 0 Å². The molecular formula is C17H16Cl2N2O. The molecule has 3 nitrogen and oxygen atoms in total. The summed E-state index contributed by atoms with van der Waals surface area (Å²) in [5, 5.41) is 1.35. The van der Waals surface area contributed by atoms with Crippen molar-refractivity contribution in [2.75, 3.05) is 13.6 Å². The van der Waals surface area contributed by atoms with E-state index in [4.69, 9.17) is 28.9 Å². The van der Waals surface area contributed by atoms with Crippen molar-refractivity contribution in [1.82, 2.24) is 4.90 Å². The molecule has 1 heterocycles. The topological polar surface area (TPSA) is 46.3 Å². The van der Waals surface area contributed by atoms with E-state index < -0.39 is 5.91 Å². The molecule has 2 N–H and O–H groups in total. The van der Waals surface area contributed by atoms with Gasteiger partial charge >= 0.3 is 0 Å². The van der Waals surface area contributed by atoms with Crippen LogP contribution in [0.5, 0.6) is 0 Å². The molecule has 0 aromatic heterocycles. The number of carbonyl (C=O) groups is 1. The van der Waals surface area contributed by atoms with Gasteiger partial charge in [0.2, 0.25) is 5.91 Å². The lowest BCUT2D eigenvalue weighted by atomic mass is 9.84. The Bertz CT molecular complexity index is 728. The number of rotatable bonds is 2. The summed E-state index contributed by atoms with van der Waals surface area (Å²) in [6, 6.07) is 11.2. The molecule has 0 saturated heterocycles. The van der Waals surface area contributed by atoms with Gasteiger partial charge < -0.3 is 10.6 Å². The average molecular weight is 335 g/mol. The Hall–Kier alpha value is -1.55. The molecule has 22 heavy (non-hydrogen) atoms. The maximum Gasteiger partial charge on any atom is 0.248 e. The summed E-state index contributed by atoms with van der Waals surface area (Å²) in [7, 11) is 2.07. The molecule has 1 amide bonds. The molecule has 1 aliphatic rings. The number of nitrogens with two attached hydrogens (primary N) is 1. The first kappa shape index (κ1) is 15.3. The Kier molecular flexibility index (Phi) is 4.13. The molecule has 1 aliphatic heterocycles. The van der Waals surface area contributed by atoms with Crippen LogP contribution in [0.3, 0.4) is 0 Å². The average Bonchev–Trinajstić information content (AvgIpc) is 2.47. The number of fused-ring (bicyclic) bond motifs is 1. The Morgan fingerprint density at radius 1 is 1.23 bits per heavy atom. The normalized spacial score (nSPS) is 18.0. The highest BCUT2D eigenvalue weighted by molar-refractivity contribution is 6.35. The van der Waals surface area contributed by atoms with Gasteiger partial charge in [-0.05, 0) is 48.0 Å². The lowest BCUT2D eigenvalue weighted by Gasteiger charge is -2.33. The van der Waals surface area contributed by atoms with Crippen LogP contribution in [0.25, 0.3) is 0 Å². The van der Waals surface area contributed by atoms with E-state index in [2.05, 4.69) is 11.9 Å². The van der Waals surface area contributed by atoms with E-state index >= 15 is 0 Å². The van der Waals surface area contributed by atoms with Crippen LogP contribution in [-0.2, 0) is 6.54 Å². The number of benzene rings is 2. The van der Waals surface area contributed by atoms with Crippen LogP contribution < -0.4 is 5.73 Å². The number of carbonyl (C=O) groups excluding carboxylic acids is 1. The van der Waals surface area contributed by atoms with Gasteiger partial charge in [0.25, 0.3) is 0 Å². The molecule has 114 valence electrons. The van der Waals surface area contributed by atoms with Crippen molar-refractivity contribution in [3.05, 3.63) is 68.7 Å². The minimum absolute atomic E-state index is 0.173. The Morgan fingerprint density at radius 2 is 1.91 bits per heavy atom. The monoisotopic (exact) mass is 334 g/mol. The molecule has 0 saturated carbocycles. The van der Waals surface area contributed by atoms with Gasteiger partial charge in [0.15, 0.2) is 0 Å². The van der Waals surface area contributed by atoms with Gasteiger partial charge in [-0.3, -0.25) is 4.79 Å². The van der Waals surface area contributed by atoms with Crippen LogP contribution in [0, 0.1) is 0 Å². The molecule has 1 atom stereocenters. The van der Waals surface area contributed by atoms with Gasteiger partial charge in [-0.1, -0.05) is 35.3 Å². The number of hydrogen-bond donors (Lipinski definition) is 1. The van der Waals surface area contributed by atoms with Crippen molar-refractivity contribution in [3.63, 3.8) is 0 Å². The highest BCUT2D eigenvalue weighted by atomic mass is 35.5. The molecule has 0 aliphatic carbocycles. The van der Waals surface area contributed by atoms with E-state index in [1.165, 1.54) is 0 Å². The van der Waals surface area contributed by atoms with E-state index in [0.717, 1.165) is 29.8 Å². The van der Waals surface area contributed by atoms with Crippen LogP contribution in [-0.4, -0.2) is 24.4 Å². The third-order valence-electron chi connectivity index (χ3n) is 4.09. The number of amides is 1. The summed E-state index contributed by atoms with van der Waals surface area (Å²) in [4.78, 5) is 13.4. The lowest BCUT2D eigenvalue weighted by Crippen LogP contribution is -2.31. The van der Waals surface area contributed by atoms with Gasteiger partial charge in [-0.15, -0.1) is 0 Å². The van der Waals surface area contributed by atoms with Gasteiger partial charge in [0.05, 0.1) is 0 Å². The first-order valence-corrected chi connectivity index (χ1v) is 7.77. The fraction of sp³-hybridized carbons (Fsp3) is 0.235. The molecular weight excluding hydrogens is 319 g/mol. The highest BCUT2D eigenvalue weighted by Gasteiger charge is 2.27. The zero-order valence-electron chi connectivity index (χ0n) is 12.1. The van der Waals surface area contributed by atoms with Crippen molar-refractivity contribution in [2.24, 2.45) is 5.73 Å². The standard InChI is InChI=1S/C17H16Cl2N2O/c1-21-8-14(10-2-4-11(5-3-10)17(20)22)13-6-12(18)7-16(19)15(13)9-21/h2-7,14H,8-9H2,1H3,(H2,20,22). The van der Waals surface area contributed by atoms with Crippen LogP contribution in [0.15, 0.2) is 36.4 Å². The fourth-order valence-electron chi connectivity index (χ4n) is 3.01. The van der Waals surface area contributed by atoms with Crippen LogP contribution in [0.1, 0.15) is 33.0 Å². The maximum absolute atomic E-state index is 11.2. The summed E-state index contributed by atoms with van der Waals surface area (Å²) in [5.41, 5.74) is 9.20. The minimum atomic E-state index is -0.418. The van der Waals surface area contributed by atoms with Crippen LogP contribution in [0.2, 0.25) is 10.0 Å². The second-order valence-corrected chi connectivity index (χ2v) is 6.53. The number of nitrogens with zero attached hydrogens (tertiary/aromatic N) is 1. The van der Waals surface area contributed by atoms with Crippen molar-refractivity contribution >= 4 is 29.1 Å². The van der Waals surface area contributed by atoms with Crippen molar-refractivity contribution < 1.29 is 4.79 Å². The Morgan fingerprint density at radius 3 is 2.55 bits per heavy atom. The minimum Gasteiger partial charge on any atom is -0.366 e.